The number of aryl methyl sites for hydroxylation is 1. The number of likely N-dealkylation sites (N-methyl/N-ethyl adjacent to an activating group) is 1. The first-order chi connectivity index (χ1) is 15.1. The Morgan fingerprint density at radius 1 is 1.06 bits per heavy atom. The van der Waals surface area contributed by atoms with Gasteiger partial charge in [-0.15, -0.1) is 10.2 Å². The van der Waals surface area contributed by atoms with Crippen LogP contribution in [0.5, 0.6) is 0 Å². The van der Waals surface area contributed by atoms with Gasteiger partial charge >= 0.3 is 0 Å². The van der Waals surface area contributed by atoms with Crippen molar-refractivity contribution in [3.8, 4) is 5.69 Å². The maximum Gasteiger partial charge on any atom is 0.230 e. The van der Waals surface area contributed by atoms with Crippen LogP contribution in [-0.4, -0.2) is 64.6 Å². The number of amides is 1. The molecule has 2 aromatic carbocycles. The second-order valence-corrected chi connectivity index (χ2v) is 8.75. The van der Waals surface area contributed by atoms with Crippen LogP contribution in [-0.2, 0) is 11.3 Å². The Bertz CT molecular complexity index is 1010. The van der Waals surface area contributed by atoms with Crippen molar-refractivity contribution in [1.82, 2.24) is 25.0 Å². The number of piperazine rings is 1. The lowest BCUT2D eigenvalue weighted by atomic mass is 10.1. The third-order valence-electron chi connectivity index (χ3n) is 5.47. The fraction of sp³-hybridized carbons (Fsp3) is 0.348. The van der Waals surface area contributed by atoms with Crippen LogP contribution in [0.2, 0.25) is 0 Å². The third-order valence-corrected chi connectivity index (χ3v) is 6.42. The molecule has 162 valence electrons. The molecular weight excluding hydrogens is 408 g/mol. The lowest BCUT2D eigenvalue weighted by Crippen LogP contribution is -2.45. The molecule has 1 aliphatic heterocycles. The summed E-state index contributed by atoms with van der Waals surface area (Å²) in [6.07, 6.45) is 1.68. The van der Waals surface area contributed by atoms with E-state index in [-0.39, 0.29) is 5.91 Å². The Balaban J connectivity index is 1.33. The summed E-state index contributed by atoms with van der Waals surface area (Å²) in [6, 6.07) is 16.5. The normalized spacial score (nSPS) is 14.6. The molecule has 3 aromatic rings. The van der Waals surface area contributed by atoms with Gasteiger partial charge in [-0.1, -0.05) is 47.7 Å². The van der Waals surface area contributed by atoms with E-state index in [2.05, 4.69) is 57.5 Å². The number of rotatable bonds is 7. The highest BCUT2D eigenvalue weighted by Crippen LogP contribution is 2.22. The molecule has 7 nitrogen and oxygen atoms in total. The van der Waals surface area contributed by atoms with Crippen molar-refractivity contribution in [3.63, 3.8) is 0 Å². The van der Waals surface area contributed by atoms with Crippen LogP contribution in [0.3, 0.4) is 0 Å². The highest BCUT2D eigenvalue weighted by molar-refractivity contribution is 7.99. The molecule has 0 unspecified atom stereocenters. The van der Waals surface area contributed by atoms with Crippen molar-refractivity contribution >= 4 is 23.4 Å². The lowest BCUT2D eigenvalue weighted by molar-refractivity contribution is -0.118. The average Bonchev–Trinajstić information content (AvgIpc) is 3.26. The number of thioether (sulfide) groups is 1. The Labute approximate surface area is 187 Å². The number of nitrogens with zero attached hydrogens (tertiary/aromatic N) is 5. The topological polar surface area (TPSA) is 66.3 Å². The number of anilines is 1. The Morgan fingerprint density at radius 2 is 1.81 bits per heavy atom. The van der Waals surface area contributed by atoms with Gasteiger partial charge in [0.1, 0.15) is 6.33 Å². The van der Waals surface area contributed by atoms with Gasteiger partial charge in [0.15, 0.2) is 5.16 Å². The highest BCUT2D eigenvalue weighted by Gasteiger charge is 2.17. The van der Waals surface area contributed by atoms with Crippen LogP contribution in [0.1, 0.15) is 11.1 Å². The maximum absolute atomic E-state index is 12.5. The minimum atomic E-state index is -0.0170. The predicted octanol–water partition coefficient (Wildman–Crippen LogP) is 2.74. The predicted molar refractivity (Wildman–Crippen MR) is 125 cm³/mol. The first kappa shape index (κ1) is 21.4. The van der Waals surface area contributed by atoms with Gasteiger partial charge in [-0.3, -0.25) is 9.36 Å². The molecule has 1 amide bonds. The molecule has 1 saturated heterocycles. The van der Waals surface area contributed by atoms with E-state index in [9.17, 15) is 4.79 Å². The van der Waals surface area contributed by atoms with Crippen molar-refractivity contribution < 1.29 is 4.79 Å². The van der Waals surface area contributed by atoms with E-state index in [4.69, 9.17) is 0 Å². The molecule has 0 spiro atoms. The first-order valence-corrected chi connectivity index (χ1v) is 11.5. The van der Waals surface area contributed by atoms with E-state index in [0.717, 1.165) is 37.4 Å². The van der Waals surface area contributed by atoms with Crippen molar-refractivity contribution in [2.45, 2.75) is 18.6 Å². The monoisotopic (exact) mass is 436 g/mol. The van der Waals surface area contributed by atoms with E-state index in [1.54, 1.807) is 6.33 Å². The Morgan fingerprint density at radius 3 is 2.58 bits per heavy atom. The molecule has 0 bridgehead atoms. The van der Waals surface area contributed by atoms with E-state index in [1.807, 2.05) is 34.9 Å². The van der Waals surface area contributed by atoms with Gasteiger partial charge in [0, 0.05) is 44.1 Å². The maximum atomic E-state index is 12.5. The van der Waals surface area contributed by atoms with Gasteiger partial charge < -0.3 is 15.1 Å². The molecule has 0 saturated carbocycles. The molecule has 8 heteroatoms. The van der Waals surface area contributed by atoms with Gasteiger partial charge in [-0.2, -0.15) is 0 Å². The second-order valence-electron chi connectivity index (χ2n) is 7.80. The summed E-state index contributed by atoms with van der Waals surface area (Å²) >= 11 is 1.39. The molecule has 0 aliphatic carbocycles. The van der Waals surface area contributed by atoms with Gasteiger partial charge in [-0.05, 0) is 37.7 Å². The minimum Gasteiger partial charge on any atom is -0.369 e. The summed E-state index contributed by atoms with van der Waals surface area (Å²) in [6.45, 7) is 6.69. The molecule has 1 aliphatic rings. The molecule has 1 fully saturated rings. The number of carbonyl (C=O) groups is 1. The third kappa shape index (κ3) is 5.45. The highest BCUT2D eigenvalue weighted by atomic mass is 32.2. The fourth-order valence-corrected chi connectivity index (χ4v) is 4.36. The summed E-state index contributed by atoms with van der Waals surface area (Å²) in [7, 11) is 2.15. The molecular formula is C23H28N6OS. The van der Waals surface area contributed by atoms with Gasteiger partial charge in [-0.25, -0.2) is 0 Å². The van der Waals surface area contributed by atoms with Gasteiger partial charge in [0.25, 0.3) is 0 Å². The average molecular weight is 437 g/mol. The van der Waals surface area contributed by atoms with E-state index >= 15 is 0 Å². The van der Waals surface area contributed by atoms with Crippen molar-refractivity contribution in [2.75, 3.05) is 43.9 Å². The van der Waals surface area contributed by atoms with E-state index in [0.29, 0.717) is 17.5 Å². The van der Waals surface area contributed by atoms with Crippen molar-refractivity contribution in [3.05, 3.63) is 66.0 Å². The number of hydrogen-bond acceptors (Lipinski definition) is 6. The zero-order valence-electron chi connectivity index (χ0n) is 18.0. The molecule has 1 N–H and O–H groups in total. The number of aromatic nitrogens is 3. The molecule has 0 radical (unpaired) electrons. The molecule has 1 aromatic heterocycles. The number of hydrogen-bond donors (Lipinski definition) is 1. The summed E-state index contributed by atoms with van der Waals surface area (Å²) < 4.78 is 1.90. The number of para-hydroxylation sites is 1. The second kappa shape index (κ2) is 9.98. The minimum absolute atomic E-state index is 0.0170. The first-order valence-electron chi connectivity index (χ1n) is 10.5. The molecule has 0 atom stereocenters. The standard InChI is InChI=1S/C23H28N6OS/c1-18-7-9-20(10-8-18)29-17-25-26-23(29)31-16-22(30)24-15-19-5-3-4-6-21(19)28-13-11-27(2)12-14-28/h3-10,17H,11-16H2,1-2H3,(H,24,30). The summed E-state index contributed by atoms with van der Waals surface area (Å²) in [5.74, 6) is 0.276. The number of carbonyl (C=O) groups excluding carboxylic acids is 1. The van der Waals surface area contributed by atoms with Crippen molar-refractivity contribution in [1.29, 1.82) is 0 Å². The largest absolute Gasteiger partial charge is 0.369 e. The van der Waals surface area contributed by atoms with Crippen LogP contribution < -0.4 is 10.2 Å². The van der Waals surface area contributed by atoms with Crippen LogP contribution >= 0.6 is 11.8 Å². The molecule has 2 heterocycles. The smallest absolute Gasteiger partial charge is 0.230 e. The van der Waals surface area contributed by atoms with Crippen LogP contribution in [0.4, 0.5) is 5.69 Å². The molecule has 4 rings (SSSR count). The van der Waals surface area contributed by atoms with Crippen LogP contribution in [0.15, 0.2) is 60.0 Å². The zero-order valence-corrected chi connectivity index (χ0v) is 18.8. The fourth-order valence-electron chi connectivity index (χ4n) is 3.60. The van der Waals surface area contributed by atoms with Gasteiger partial charge in [0.2, 0.25) is 5.91 Å². The Kier molecular flexibility index (Phi) is 6.89. The van der Waals surface area contributed by atoms with Crippen molar-refractivity contribution in [2.24, 2.45) is 0 Å². The van der Waals surface area contributed by atoms with E-state index in [1.165, 1.54) is 23.0 Å². The van der Waals surface area contributed by atoms with Crippen LogP contribution in [0, 0.1) is 6.92 Å². The SMILES string of the molecule is Cc1ccc(-n2cnnc2SCC(=O)NCc2ccccc2N2CCN(C)CC2)cc1. The van der Waals surface area contributed by atoms with E-state index < -0.39 is 0 Å². The lowest BCUT2D eigenvalue weighted by Gasteiger charge is -2.35. The quantitative estimate of drug-likeness (QED) is 0.575. The molecule has 31 heavy (non-hydrogen) atoms. The van der Waals surface area contributed by atoms with Gasteiger partial charge in [0.05, 0.1) is 5.75 Å². The summed E-state index contributed by atoms with van der Waals surface area (Å²) in [4.78, 5) is 17.3. The number of nitrogens with one attached hydrogen (secondary N) is 1. The zero-order chi connectivity index (χ0) is 21.6. The number of benzene rings is 2. The van der Waals surface area contributed by atoms with Crippen LogP contribution in [0.25, 0.3) is 5.69 Å². The summed E-state index contributed by atoms with van der Waals surface area (Å²) in [5.41, 5.74) is 4.54. The summed E-state index contributed by atoms with van der Waals surface area (Å²) in [5, 5.41) is 12.0. The Hall–Kier alpha value is -2.84.